The van der Waals surface area contributed by atoms with Crippen molar-refractivity contribution in [3.63, 3.8) is 0 Å². The Morgan fingerprint density at radius 3 is 2.59 bits per heavy atom. The second-order valence-corrected chi connectivity index (χ2v) is 7.42. The predicted octanol–water partition coefficient (Wildman–Crippen LogP) is 1.57. The van der Waals surface area contributed by atoms with Gasteiger partial charge in [0.2, 0.25) is 10.0 Å². The fraction of sp³-hybridized carbons (Fsp3) is 0.467. The number of benzene rings is 1. The first-order valence-corrected chi connectivity index (χ1v) is 8.67. The van der Waals surface area contributed by atoms with Crippen molar-refractivity contribution in [3.8, 4) is 6.07 Å². The number of hydrogen-bond acceptors (Lipinski definition) is 4. The van der Waals surface area contributed by atoms with E-state index in [-0.39, 0.29) is 5.75 Å². The van der Waals surface area contributed by atoms with Crippen molar-refractivity contribution in [2.45, 2.75) is 31.6 Å². The number of aliphatic carboxylic acids is 1. The molecule has 1 aliphatic rings. The van der Waals surface area contributed by atoms with Crippen LogP contribution in [0.4, 0.5) is 0 Å². The first kappa shape index (κ1) is 16.5. The van der Waals surface area contributed by atoms with Gasteiger partial charge in [-0.25, -0.2) is 8.42 Å². The maximum atomic E-state index is 12.6. The van der Waals surface area contributed by atoms with E-state index in [9.17, 15) is 18.3 Å². The second-order valence-electron chi connectivity index (χ2n) is 5.50. The molecular formula is C15H18N2O4S. The molecule has 0 bridgehead atoms. The molecular weight excluding hydrogens is 304 g/mol. The molecule has 1 aliphatic heterocycles. The summed E-state index contributed by atoms with van der Waals surface area (Å²) in [6, 6.07) is 7.80. The van der Waals surface area contributed by atoms with Gasteiger partial charge >= 0.3 is 5.97 Å². The lowest BCUT2D eigenvalue weighted by atomic mass is 9.92. The smallest absolute Gasteiger partial charge is 0.308 e. The maximum absolute atomic E-state index is 12.6. The summed E-state index contributed by atoms with van der Waals surface area (Å²) < 4.78 is 26.4. The van der Waals surface area contributed by atoms with Crippen LogP contribution in [0.3, 0.4) is 0 Å². The summed E-state index contributed by atoms with van der Waals surface area (Å²) in [5, 5.41) is 17.9. The van der Waals surface area contributed by atoms with E-state index in [0.29, 0.717) is 30.5 Å². The third-order valence-electron chi connectivity index (χ3n) is 4.04. The van der Waals surface area contributed by atoms with Gasteiger partial charge in [-0.3, -0.25) is 4.79 Å². The molecule has 2 atom stereocenters. The number of nitrogens with zero attached hydrogens (tertiary/aromatic N) is 2. The number of sulfonamides is 1. The SMILES string of the molecule is C[C@@H]1[C@H](C(=O)O)CCCN1S(=O)(=O)Cc1ccc(C#N)cc1. The number of hydrogen-bond donors (Lipinski definition) is 1. The van der Waals surface area contributed by atoms with Gasteiger partial charge in [0.1, 0.15) is 0 Å². The van der Waals surface area contributed by atoms with Gasteiger partial charge in [0, 0.05) is 12.6 Å². The van der Waals surface area contributed by atoms with Gasteiger partial charge in [0.15, 0.2) is 0 Å². The van der Waals surface area contributed by atoms with E-state index in [0.717, 1.165) is 0 Å². The number of carboxylic acid groups (broad SMARTS) is 1. The number of rotatable bonds is 4. The molecule has 1 N–H and O–H groups in total. The third-order valence-corrected chi connectivity index (χ3v) is 5.96. The molecule has 0 spiro atoms. The number of piperidine rings is 1. The van der Waals surface area contributed by atoms with Gasteiger partial charge in [-0.05, 0) is 37.5 Å². The minimum Gasteiger partial charge on any atom is -0.481 e. The highest BCUT2D eigenvalue weighted by atomic mass is 32.2. The summed E-state index contributed by atoms with van der Waals surface area (Å²) in [5.74, 6) is -1.80. The Hall–Kier alpha value is -1.91. The van der Waals surface area contributed by atoms with E-state index in [2.05, 4.69) is 0 Å². The molecule has 1 aromatic rings. The molecule has 1 saturated heterocycles. The van der Waals surface area contributed by atoms with Crippen molar-refractivity contribution in [2.24, 2.45) is 5.92 Å². The Morgan fingerprint density at radius 1 is 1.41 bits per heavy atom. The zero-order chi connectivity index (χ0) is 16.3. The highest BCUT2D eigenvalue weighted by Crippen LogP contribution is 2.27. The van der Waals surface area contributed by atoms with Crippen molar-refractivity contribution >= 4 is 16.0 Å². The Balaban J connectivity index is 2.18. The van der Waals surface area contributed by atoms with Crippen LogP contribution >= 0.6 is 0 Å². The van der Waals surface area contributed by atoms with Gasteiger partial charge in [-0.2, -0.15) is 9.57 Å². The van der Waals surface area contributed by atoms with E-state index in [4.69, 9.17) is 5.26 Å². The van der Waals surface area contributed by atoms with Crippen LogP contribution in [-0.4, -0.2) is 36.4 Å². The van der Waals surface area contributed by atoms with Gasteiger partial charge in [0.25, 0.3) is 0 Å². The molecule has 0 aromatic heterocycles. The molecule has 1 heterocycles. The number of carboxylic acids is 1. The van der Waals surface area contributed by atoms with Crippen molar-refractivity contribution in [2.75, 3.05) is 6.54 Å². The molecule has 0 saturated carbocycles. The highest BCUT2D eigenvalue weighted by molar-refractivity contribution is 7.88. The van der Waals surface area contributed by atoms with Crippen molar-refractivity contribution in [3.05, 3.63) is 35.4 Å². The first-order chi connectivity index (χ1) is 10.3. The summed E-state index contributed by atoms with van der Waals surface area (Å²) >= 11 is 0. The first-order valence-electron chi connectivity index (χ1n) is 7.06. The Kier molecular flexibility index (Phi) is 4.84. The van der Waals surface area contributed by atoms with E-state index < -0.39 is 28.0 Å². The minimum absolute atomic E-state index is 0.185. The van der Waals surface area contributed by atoms with Crippen LogP contribution in [0, 0.1) is 17.2 Å². The molecule has 22 heavy (non-hydrogen) atoms. The zero-order valence-corrected chi connectivity index (χ0v) is 13.1. The van der Waals surface area contributed by atoms with E-state index in [1.54, 1.807) is 31.2 Å². The summed E-state index contributed by atoms with van der Waals surface area (Å²) in [4.78, 5) is 11.2. The van der Waals surface area contributed by atoms with Crippen LogP contribution < -0.4 is 0 Å². The molecule has 2 rings (SSSR count). The van der Waals surface area contributed by atoms with Gasteiger partial charge < -0.3 is 5.11 Å². The number of carbonyl (C=O) groups is 1. The average Bonchev–Trinajstić information content (AvgIpc) is 2.47. The van der Waals surface area contributed by atoms with Gasteiger partial charge in [-0.1, -0.05) is 12.1 Å². The van der Waals surface area contributed by atoms with Crippen LogP contribution in [0.15, 0.2) is 24.3 Å². The van der Waals surface area contributed by atoms with Gasteiger partial charge in [-0.15, -0.1) is 0 Å². The predicted molar refractivity (Wildman–Crippen MR) is 80.3 cm³/mol. The second kappa shape index (κ2) is 6.46. The average molecular weight is 322 g/mol. The van der Waals surface area contributed by atoms with E-state index in [1.165, 1.54) is 4.31 Å². The molecule has 1 fully saturated rings. The van der Waals surface area contributed by atoms with Crippen LogP contribution in [0.1, 0.15) is 30.9 Å². The van der Waals surface area contributed by atoms with Crippen molar-refractivity contribution in [1.29, 1.82) is 5.26 Å². The van der Waals surface area contributed by atoms with E-state index >= 15 is 0 Å². The monoisotopic (exact) mass is 322 g/mol. The normalized spacial score (nSPS) is 22.9. The number of nitriles is 1. The largest absolute Gasteiger partial charge is 0.481 e. The molecule has 118 valence electrons. The van der Waals surface area contributed by atoms with Gasteiger partial charge in [0.05, 0.1) is 23.3 Å². The third kappa shape index (κ3) is 3.46. The summed E-state index contributed by atoms with van der Waals surface area (Å²) in [6.45, 7) is 2.00. The summed E-state index contributed by atoms with van der Waals surface area (Å²) in [5.41, 5.74) is 1.06. The molecule has 1 aromatic carbocycles. The fourth-order valence-electron chi connectivity index (χ4n) is 2.80. The Bertz CT molecular complexity index is 691. The van der Waals surface area contributed by atoms with Crippen LogP contribution in [-0.2, 0) is 20.6 Å². The Morgan fingerprint density at radius 2 is 2.05 bits per heavy atom. The Labute approximate surface area is 130 Å². The summed E-state index contributed by atoms with van der Waals surface area (Å²) in [6.07, 6.45) is 1.05. The molecule has 0 amide bonds. The highest BCUT2D eigenvalue weighted by Gasteiger charge is 2.38. The molecule has 7 heteroatoms. The quantitative estimate of drug-likeness (QED) is 0.907. The topological polar surface area (TPSA) is 98.5 Å². The lowest BCUT2D eigenvalue weighted by Gasteiger charge is -2.36. The zero-order valence-electron chi connectivity index (χ0n) is 12.3. The van der Waals surface area contributed by atoms with Crippen LogP contribution in [0.5, 0.6) is 0 Å². The van der Waals surface area contributed by atoms with E-state index in [1.807, 2.05) is 6.07 Å². The molecule has 0 aliphatic carbocycles. The lowest BCUT2D eigenvalue weighted by molar-refractivity contribution is -0.144. The van der Waals surface area contributed by atoms with Crippen LogP contribution in [0.25, 0.3) is 0 Å². The standard InChI is InChI=1S/C15H18N2O4S/c1-11-14(15(18)19)3-2-8-17(11)22(20,21)10-13-6-4-12(9-16)5-7-13/h4-7,11,14H,2-3,8,10H2,1H3,(H,18,19)/t11-,14-/m1/s1. The lowest BCUT2D eigenvalue weighted by Crippen LogP contribution is -2.49. The molecule has 0 unspecified atom stereocenters. The van der Waals surface area contributed by atoms with Crippen molar-refractivity contribution < 1.29 is 18.3 Å². The maximum Gasteiger partial charge on any atom is 0.308 e. The van der Waals surface area contributed by atoms with Crippen LogP contribution in [0.2, 0.25) is 0 Å². The molecule has 6 nitrogen and oxygen atoms in total. The summed E-state index contributed by atoms with van der Waals surface area (Å²) in [7, 11) is -3.58. The fourth-order valence-corrected chi connectivity index (χ4v) is 4.64. The molecule has 0 radical (unpaired) electrons. The minimum atomic E-state index is -3.58. The van der Waals surface area contributed by atoms with Crippen molar-refractivity contribution in [1.82, 2.24) is 4.31 Å².